The first kappa shape index (κ1) is 15.4. The number of benzene rings is 1. The Labute approximate surface area is 146 Å². The van der Waals surface area contributed by atoms with Gasteiger partial charge in [0, 0.05) is 0 Å². The van der Waals surface area contributed by atoms with Crippen molar-refractivity contribution in [2.75, 3.05) is 4.90 Å². The number of rotatable bonds is 1. The molecule has 2 saturated carbocycles. The Morgan fingerprint density at radius 3 is 2.08 bits per heavy atom. The molecule has 1 aromatic carbocycles. The second kappa shape index (κ2) is 4.47. The summed E-state index contributed by atoms with van der Waals surface area (Å²) in [5, 5.41) is -0.450. The van der Waals surface area contributed by atoms with Crippen LogP contribution in [0, 0.1) is 29.1 Å². The molecule has 1 saturated heterocycles. The SMILES string of the molecule is O=C1[C@@H]2[C@H](C(=O)N1c1ccc(Cl)c(C(F)(F)F)c1)[C@H]1C=C[C@H]2C12CC2. The van der Waals surface area contributed by atoms with Gasteiger partial charge >= 0.3 is 6.18 Å². The molecule has 1 heterocycles. The Bertz CT molecular complexity index is 824. The molecule has 7 heteroatoms. The smallest absolute Gasteiger partial charge is 0.274 e. The fourth-order valence-electron chi connectivity index (χ4n) is 5.20. The Kier molecular flexibility index (Phi) is 2.76. The van der Waals surface area contributed by atoms with Crippen LogP contribution in [0.4, 0.5) is 18.9 Å². The second-order valence-electron chi connectivity index (χ2n) is 7.39. The minimum atomic E-state index is -4.65. The average molecular weight is 368 g/mol. The third kappa shape index (κ3) is 1.78. The molecule has 3 nitrogen and oxygen atoms in total. The van der Waals surface area contributed by atoms with E-state index in [9.17, 15) is 22.8 Å². The van der Waals surface area contributed by atoms with Crippen LogP contribution in [-0.2, 0) is 15.8 Å². The van der Waals surface area contributed by atoms with E-state index in [-0.39, 0.29) is 34.8 Å². The first-order valence-electron chi connectivity index (χ1n) is 8.18. The van der Waals surface area contributed by atoms with E-state index < -0.39 is 28.6 Å². The van der Waals surface area contributed by atoms with Gasteiger partial charge in [0.2, 0.25) is 11.8 Å². The lowest BCUT2D eigenvalue weighted by molar-refractivity contribution is -0.137. The summed E-state index contributed by atoms with van der Waals surface area (Å²) in [5.41, 5.74) is -1.03. The Morgan fingerprint density at radius 1 is 1.04 bits per heavy atom. The summed E-state index contributed by atoms with van der Waals surface area (Å²) in [6.45, 7) is 0. The van der Waals surface area contributed by atoms with Crippen LogP contribution in [0.25, 0.3) is 0 Å². The van der Waals surface area contributed by atoms with Crippen LogP contribution >= 0.6 is 11.6 Å². The van der Waals surface area contributed by atoms with Gasteiger partial charge in [-0.3, -0.25) is 14.5 Å². The maximum Gasteiger partial charge on any atom is 0.417 e. The Balaban J connectivity index is 1.56. The van der Waals surface area contributed by atoms with Crippen LogP contribution in [0.2, 0.25) is 5.02 Å². The number of carbonyl (C=O) groups is 2. The molecule has 0 unspecified atom stereocenters. The summed E-state index contributed by atoms with van der Waals surface area (Å²) in [4.78, 5) is 26.7. The number of hydrogen-bond donors (Lipinski definition) is 0. The number of nitrogens with zero attached hydrogens (tertiary/aromatic N) is 1. The normalized spacial score (nSPS) is 34.3. The van der Waals surface area contributed by atoms with Gasteiger partial charge in [-0.15, -0.1) is 0 Å². The fourth-order valence-corrected chi connectivity index (χ4v) is 5.43. The van der Waals surface area contributed by atoms with Gasteiger partial charge < -0.3 is 0 Å². The molecule has 1 aromatic rings. The largest absolute Gasteiger partial charge is 0.417 e. The van der Waals surface area contributed by atoms with Crippen molar-refractivity contribution in [2.45, 2.75) is 19.0 Å². The van der Waals surface area contributed by atoms with E-state index in [0.717, 1.165) is 29.9 Å². The summed E-state index contributed by atoms with van der Waals surface area (Å²) in [6, 6.07) is 3.18. The highest BCUT2D eigenvalue weighted by molar-refractivity contribution is 6.31. The predicted molar refractivity (Wildman–Crippen MR) is 83.7 cm³/mol. The number of imide groups is 1. The molecule has 1 spiro atoms. The van der Waals surface area contributed by atoms with E-state index in [2.05, 4.69) is 0 Å². The molecule has 4 atom stereocenters. The summed E-state index contributed by atoms with van der Waals surface area (Å²) < 4.78 is 39.3. The monoisotopic (exact) mass is 367 g/mol. The van der Waals surface area contributed by atoms with E-state index in [1.807, 2.05) is 12.2 Å². The topological polar surface area (TPSA) is 37.4 Å². The van der Waals surface area contributed by atoms with Crippen LogP contribution < -0.4 is 4.90 Å². The number of carbonyl (C=O) groups excluding carboxylic acids is 2. The molecular weight excluding hydrogens is 355 g/mol. The highest BCUT2D eigenvalue weighted by Gasteiger charge is 2.73. The van der Waals surface area contributed by atoms with Crippen molar-refractivity contribution in [3.63, 3.8) is 0 Å². The van der Waals surface area contributed by atoms with Gasteiger partial charge in [0.1, 0.15) is 0 Å². The lowest BCUT2D eigenvalue weighted by Crippen LogP contribution is -2.34. The average Bonchev–Trinajstić information content (AvgIpc) is 3.13. The number of amides is 2. The molecule has 5 rings (SSSR count). The molecule has 130 valence electrons. The van der Waals surface area contributed by atoms with Crippen LogP contribution in [0.1, 0.15) is 18.4 Å². The predicted octanol–water partition coefficient (Wildman–Crippen LogP) is 4.06. The van der Waals surface area contributed by atoms with E-state index in [4.69, 9.17) is 11.6 Å². The lowest BCUT2D eigenvalue weighted by Gasteiger charge is -2.22. The number of allylic oxidation sites excluding steroid dienone is 2. The summed E-state index contributed by atoms with van der Waals surface area (Å²) >= 11 is 5.64. The number of hydrogen-bond acceptors (Lipinski definition) is 2. The van der Waals surface area contributed by atoms with Crippen LogP contribution in [0.5, 0.6) is 0 Å². The van der Waals surface area contributed by atoms with Crippen molar-refractivity contribution in [1.29, 1.82) is 0 Å². The van der Waals surface area contributed by atoms with E-state index in [1.54, 1.807) is 0 Å². The van der Waals surface area contributed by atoms with Crippen LogP contribution in [0.15, 0.2) is 30.4 Å². The molecule has 1 aliphatic heterocycles. The highest BCUT2D eigenvalue weighted by atomic mass is 35.5. The van der Waals surface area contributed by atoms with Crippen molar-refractivity contribution < 1.29 is 22.8 Å². The Morgan fingerprint density at radius 2 is 1.60 bits per heavy atom. The zero-order valence-corrected chi connectivity index (χ0v) is 13.6. The van der Waals surface area contributed by atoms with E-state index in [0.29, 0.717) is 0 Å². The first-order valence-corrected chi connectivity index (χ1v) is 8.56. The number of alkyl halides is 3. The maximum atomic E-state index is 13.1. The van der Waals surface area contributed by atoms with Gasteiger partial charge in [-0.25, -0.2) is 0 Å². The lowest BCUT2D eigenvalue weighted by atomic mass is 9.85. The van der Waals surface area contributed by atoms with Gasteiger partial charge in [0.25, 0.3) is 0 Å². The molecular formula is C18H13ClF3NO2. The molecule has 2 bridgehead atoms. The van der Waals surface area contributed by atoms with Gasteiger partial charge in [0.05, 0.1) is 28.1 Å². The van der Waals surface area contributed by atoms with Crippen LogP contribution in [-0.4, -0.2) is 11.8 Å². The van der Waals surface area contributed by atoms with Crippen LogP contribution in [0.3, 0.4) is 0 Å². The third-order valence-corrected chi connectivity index (χ3v) is 6.70. The summed E-state index contributed by atoms with van der Waals surface area (Å²) in [6.07, 6.45) is 1.44. The van der Waals surface area contributed by atoms with Crippen molar-refractivity contribution in [3.8, 4) is 0 Å². The standard InChI is InChI=1S/C18H13ClF3NO2/c19-12-4-1-8(7-11(12)18(20,21)22)23-15(24)13-9-2-3-10(14(13)16(23)25)17(9)5-6-17/h1-4,7,9-10,13-14H,5-6H2/t9-,10-,13-,14+/m1/s1. The molecule has 0 N–H and O–H groups in total. The zero-order valence-electron chi connectivity index (χ0n) is 12.9. The fraction of sp³-hybridized carbons (Fsp3) is 0.444. The summed E-state index contributed by atoms with van der Waals surface area (Å²) in [7, 11) is 0. The molecule has 4 aliphatic rings. The van der Waals surface area contributed by atoms with Crippen molar-refractivity contribution in [2.24, 2.45) is 29.1 Å². The molecule has 0 aromatic heterocycles. The molecule has 25 heavy (non-hydrogen) atoms. The van der Waals surface area contributed by atoms with Gasteiger partial charge in [-0.2, -0.15) is 13.2 Å². The van der Waals surface area contributed by atoms with Gasteiger partial charge in [0.15, 0.2) is 0 Å². The minimum absolute atomic E-state index is 0.0401. The number of anilines is 1. The zero-order chi connectivity index (χ0) is 17.7. The van der Waals surface area contributed by atoms with Crippen molar-refractivity contribution >= 4 is 29.1 Å². The second-order valence-corrected chi connectivity index (χ2v) is 7.80. The maximum absolute atomic E-state index is 13.1. The summed E-state index contributed by atoms with van der Waals surface area (Å²) in [5.74, 6) is -1.55. The van der Waals surface area contributed by atoms with Crippen molar-refractivity contribution in [3.05, 3.63) is 40.9 Å². The van der Waals surface area contributed by atoms with Gasteiger partial charge in [-0.1, -0.05) is 23.8 Å². The van der Waals surface area contributed by atoms with Gasteiger partial charge in [-0.05, 0) is 48.3 Å². The highest BCUT2D eigenvalue weighted by Crippen LogP contribution is 2.73. The van der Waals surface area contributed by atoms with E-state index >= 15 is 0 Å². The Hall–Kier alpha value is -1.82. The third-order valence-electron chi connectivity index (χ3n) is 6.37. The molecule has 0 radical (unpaired) electrons. The first-order chi connectivity index (χ1) is 11.8. The number of halogens is 4. The molecule has 3 aliphatic carbocycles. The van der Waals surface area contributed by atoms with Crippen molar-refractivity contribution in [1.82, 2.24) is 0 Å². The van der Waals surface area contributed by atoms with E-state index in [1.165, 1.54) is 6.07 Å². The molecule has 2 amide bonds. The molecule has 3 fully saturated rings. The minimum Gasteiger partial charge on any atom is -0.274 e. The quantitative estimate of drug-likeness (QED) is 0.554. The number of fused-ring (bicyclic) bond motifs is 3.